The standard InChI is InChI=1S/C20H22N2/c1-4-15-5-6-17-12-22(13-18(17)10-15)19-8-7-16-9-14(2)21(3)20(16)11-19/h5-11H,4,12-13H2,1-3H3. The quantitative estimate of drug-likeness (QED) is 0.671. The number of fused-ring (bicyclic) bond motifs is 2. The summed E-state index contributed by atoms with van der Waals surface area (Å²) in [6.45, 7) is 6.43. The van der Waals surface area contributed by atoms with Gasteiger partial charge in [0, 0.05) is 31.5 Å². The number of rotatable bonds is 2. The van der Waals surface area contributed by atoms with E-state index < -0.39 is 0 Å². The molecule has 0 saturated heterocycles. The van der Waals surface area contributed by atoms with Gasteiger partial charge in [-0.05, 0) is 53.6 Å². The van der Waals surface area contributed by atoms with Crippen molar-refractivity contribution in [2.45, 2.75) is 33.4 Å². The molecule has 3 aromatic rings. The third kappa shape index (κ3) is 2.02. The van der Waals surface area contributed by atoms with Gasteiger partial charge >= 0.3 is 0 Å². The Morgan fingerprint density at radius 2 is 1.77 bits per heavy atom. The van der Waals surface area contributed by atoms with Gasteiger partial charge in [-0.15, -0.1) is 0 Å². The van der Waals surface area contributed by atoms with Crippen molar-refractivity contribution < 1.29 is 0 Å². The van der Waals surface area contributed by atoms with Gasteiger partial charge in [0.1, 0.15) is 0 Å². The minimum atomic E-state index is 1.02. The number of aromatic nitrogens is 1. The maximum atomic E-state index is 2.48. The molecule has 1 aliphatic heterocycles. The largest absolute Gasteiger partial charge is 0.363 e. The fourth-order valence-corrected chi connectivity index (χ4v) is 3.50. The Morgan fingerprint density at radius 3 is 2.59 bits per heavy atom. The Hall–Kier alpha value is -2.22. The molecule has 0 N–H and O–H groups in total. The molecule has 112 valence electrons. The third-order valence-corrected chi connectivity index (χ3v) is 5.04. The van der Waals surface area contributed by atoms with Gasteiger partial charge in [0.05, 0.1) is 5.52 Å². The fourth-order valence-electron chi connectivity index (χ4n) is 3.50. The summed E-state index contributed by atoms with van der Waals surface area (Å²) in [6, 6.07) is 16.0. The van der Waals surface area contributed by atoms with Crippen molar-refractivity contribution in [3.05, 3.63) is 64.8 Å². The van der Waals surface area contributed by atoms with E-state index in [1.807, 2.05) is 0 Å². The zero-order valence-electron chi connectivity index (χ0n) is 13.6. The van der Waals surface area contributed by atoms with Crippen LogP contribution in [0.3, 0.4) is 0 Å². The lowest BCUT2D eigenvalue weighted by atomic mass is 10.1. The zero-order valence-corrected chi connectivity index (χ0v) is 13.6. The van der Waals surface area contributed by atoms with Crippen LogP contribution in [0.4, 0.5) is 5.69 Å². The highest BCUT2D eigenvalue weighted by molar-refractivity contribution is 5.85. The summed E-state index contributed by atoms with van der Waals surface area (Å²) < 4.78 is 2.28. The molecule has 0 amide bonds. The lowest BCUT2D eigenvalue weighted by Crippen LogP contribution is -2.14. The van der Waals surface area contributed by atoms with Crippen LogP contribution >= 0.6 is 0 Å². The topological polar surface area (TPSA) is 8.17 Å². The van der Waals surface area contributed by atoms with E-state index in [1.54, 1.807) is 0 Å². The molecule has 4 rings (SSSR count). The third-order valence-electron chi connectivity index (χ3n) is 5.04. The summed E-state index contributed by atoms with van der Waals surface area (Å²) in [7, 11) is 2.15. The first-order chi connectivity index (χ1) is 10.7. The number of hydrogen-bond donors (Lipinski definition) is 0. The highest BCUT2D eigenvalue weighted by atomic mass is 15.1. The van der Waals surface area contributed by atoms with E-state index in [0.717, 1.165) is 19.5 Å². The molecule has 0 unspecified atom stereocenters. The van der Waals surface area contributed by atoms with E-state index in [1.165, 1.54) is 39.0 Å². The van der Waals surface area contributed by atoms with Crippen LogP contribution in [0.5, 0.6) is 0 Å². The van der Waals surface area contributed by atoms with Crippen LogP contribution in [0.25, 0.3) is 10.9 Å². The molecular weight excluding hydrogens is 268 g/mol. The van der Waals surface area contributed by atoms with Crippen LogP contribution in [0.1, 0.15) is 29.3 Å². The smallest absolute Gasteiger partial charge is 0.0500 e. The van der Waals surface area contributed by atoms with Crippen LogP contribution in [0, 0.1) is 6.92 Å². The fraction of sp³-hybridized carbons (Fsp3) is 0.300. The van der Waals surface area contributed by atoms with Crippen LogP contribution < -0.4 is 4.90 Å². The molecule has 0 fully saturated rings. The highest BCUT2D eigenvalue weighted by Crippen LogP contribution is 2.31. The lowest BCUT2D eigenvalue weighted by Gasteiger charge is -2.18. The minimum absolute atomic E-state index is 1.02. The van der Waals surface area contributed by atoms with Crippen molar-refractivity contribution in [3.63, 3.8) is 0 Å². The van der Waals surface area contributed by atoms with Crippen molar-refractivity contribution in [2.24, 2.45) is 7.05 Å². The molecule has 0 bridgehead atoms. The number of hydrogen-bond acceptors (Lipinski definition) is 1. The summed E-state index contributed by atoms with van der Waals surface area (Å²) in [4.78, 5) is 2.48. The van der Waals surface area contributed by atoms with E-state index in [0.29, 0.717) is 0 Å². The molecule has 1 aromatic heterocycles. The van der Waals surface area contributed by atoms with E-state index in [9.17, 15) is 0 Å². The molecule has 22 heavy (non-hydrogen) atoms. The highest BCUT2D eigenvalue weighted by Gasteiger charge is 2.20. The van der Waals surface area contributed by atoms with Gasteiger partial charge < -0.3 is 9.47 Å². The maximum absolute atomic E-state index is 2.48. The first kappa shape index (κ1) is 13.4. The Balaban J connectivity index is 1.70. The van der Waals surface area contributed by atoms with Crippen molar-refractivity contribution >= 4 is 16.6 Å². The van der Waals surface area contributed by atoms with Gasteiger partial charge in [0.15, 0.2) is 0 Å². The molecule has 0 radical (unpaired) electrons. The van der Waals surface area contributed by atoms with Gasteiger partial charge in [-0.2, -0.15) is 0 Å². The number of nitrogens with zero attached hydrogens (tertiary/aromatic N) is 2. The van der Waals surface area contributed by atoms with E-state index >= 15 is 0 Å². The second-order valence-corrected chi connectivity index (χ2v) is 6.40. The molecule has 0 saturated carbocycles. The summed E-state index contributed by atoms with van der Waals surface area (Å²) in [6.07, 6.45) is 1.11. The lowest BCUT2D eigenvalue weighted by molar-refractivity contribution is 0.877. The van der Waals surface area contributed by atoms with Crippen LogP contribution in [-0.2, 0) is 26.6 Å². The van der Waals surface area contributed by atoms with E-state index in [-0.39, 0.29) is 0 Å². The average Bonchev–Trinajstić information content (AvgIpc) is 3.08. The van der Waals surface area contributed by atoms with Crippen LogP contribution in [0.15, 0.2) is 42.5 Å². The summed E-state index contributed by atoms with van der Waals surface area (Å²) >= 11 is 0. The van der Waals surface area contributed by atoms with E-state index in [4.69, 9.17) is 0 Å². The Bertz CT molecular complexity index is 858. The average molecular weight is 290 g/mol. The van der Waals surface area contributed by atoms with Crippen molar-refractivity contribution in [2.75, 3.05) is 4.90 Å². The molecule has 0 atom stereocenters. The van der Waals surface area contributed by atoms with Crippen LogP contribution in [0.2, 0.25) is 0 Å². The maximum Gasteiger partial charge on any atom is 0.0500 e. The molecule has 2 heteroatoms. The molecule has 1 aliphatic rings. The number of anilines is 1. The first-order valence-corrected chi connectivity index (χ1v) is 8.07. The Labute approximate surface area is 132 Å². The number of benzene rings is 2. The summed E-state index contributed by atoms with van der Waals surface area (Å²) in [5.41, 5.74) is 8.35. The minimum Gasteiger partial charge on any atom is -0.363 e. The molecule has 2 aromatic carbocycles. The van der Waals surface area contributed by atoms with Crippen molar-refractivity contribution in [1.29, 1.82) is 0 Å². The SMILES string of the molecule is CCc1ccc2c(c1)CN(c1ccc3cc(C)n(C)c3c1)C2. The van der Waals surface area contributed by atoms with Crippen LogP contribution in [-0.4, -0.2) is 4.57 Å². The molecule has 0 spiro atoms. The molecule has 0 aliphatic carbocycles. The van der Waals surface area contributed by atoms with Crippen molar-refractivity contribution in [1.82, 2.24) is 4.57 Å². The Kier molecular flexibility index (Phi) is 3.00. The predicted octanol–water partition coefficient (Wildman–Crippen LogP) is 4.57. The zero-order chi connectivity index (χ0) is 15.3. The monoisotopic (exact) mass is 290 g/mol. The van der Waals surface area contributed by atoms with Crippen molar-refractivity contribution in [3.8, 4) is 0 Å². The van der Waals surface area contributed by atoms with Gasteiger partial charge in [-0.25, -0.2) is 0 Å². The predicted molar refractivity (Wildman–Crippen MR) is 93.4 cm³/mol. The normalized spacial score (nSPS) is 13.9. The van der Waals surface area contributed by atoms with E-state index in [2.05, 4.69) is 72.8 Å². The molecule has 2 heterocycles. The second kappa shape index (κ2) is 4.91. The number of aryl methyl sites for hydroxylation is 3. The van der Waals surface area contributed by atoms with Gasteiger partial charge in [-0.3, -0.25) is 0 Å². The second-order valence-electron chi connectivity index (χ2n) is 6.40. The Morgan fingerprint density at radius 1 is 0.955 bits per heavy atom. The van der Waals surface area contributed by atoms with Gasteiger partial charge in [0.2, 0.25) is 0 Å². The molecular formula is C20H22N2. The van der Waals surface area contributed by atoms with Gasteiger partial charge in [-0.1, -0.05) is 31.2 Å². The molecule has 2 nitrogen and oxygen atoms in total. The summed E-state index contributed by atoms with van der Waals surface area (Å²) in [5, 5.41) is 1.33. The van der Waals surface area contributed by atoms with Gasteiger partial charge in [0.25, 0.3) is 0 Å². The first-order valence-electron chi connectivity index (χ1n) is 8.07. The summed E-state index contributed by atoms with van der Waals surface area (Å²) in [5.74, 6) is 0.